The minimum Gasteiger partial charge on any atom is -0.438 e. The molecule has 2 aromatic heterocycles. The number of benzene rings is 1. The Morgan fingerprint density at radius 1 is 1.12 bits per heavy atom. The summed E-state index contributed by atoms with van der Waals surface area (Å²) in [5.41, 5.74) is 1.63. The predicted molar refractivity (Wildman–Crippen MR) is 134 cm³/mol. The summed E-state index contributed by atoms with van der Waals surface area (Å²) in [4.78, 5) is 21.0. The number of pyridine rings is 1. The number of nitrogens with one attached hydrogen (secondary N) is 1. The Kier molecular flexibility index (Phi) is 7.78. The van der Waals surface area contributed by atoms with Crippen molar-refractivity contribution < 1.29 is 9.53 Å². The lowest BCUT2D eigenvalue weighted by molar-refractivity contribution is 0.0932. The van der Waals surface area contributed by atoms with Crippen molar-refractivity contribution in [1.29, 1.82) is 0 Å². The third-order valence-electron chi connectivity index (χ3n) is 6.53. The number of carbonyl (C=O) groups excluding carboxylic acids is 1. The molecule has 1 aliphatic carbocycles. The van der Waals surface area contributed by atoms with Crippen molar-refractivity contribution in [3.63, 3.8) is 0 Å². The first-order valence-electron chi connectivity index (χ1n) is 11.7. The molecule has 2 heterocycles. The number of carbonyl (C=O) groups is 1. The van der Waals surface area contributed by atoms with Crippen molar-refractivity contribution in [2.75, 3.05) is 20.6 Å². The maximum Gasteiger partial charge on any atom is 0.256 e. The Hall–Kier alpha value is -2.70. The topological polar surface area (TPSA) is 54.5 Å². The molecule has 1 saturated carbocycles. The average molecular weight is 464 g/mol. The van der Waals surface area contributed by atoms with E-state index in [4.69, 9.17) is 4.74 Å². The lowest BCUT2D eigenvalue weighted by Crippen LogP contribution is -2.34. The van der Waals surface area contributed by atoms with Crippen molar-refractivity contribution in [1.82, 2.24) is 15.2 Å². The summed E-state index contributed by atoms with van der Waals surface area (Å²) in [5.74, 6) is 2.06. The van der Waals surface area contributed by atoms with Crippen molar-refractivity contribution in [2.24, 2.45) is 11.8 Å². The first-order valence-corrected chi connectivity index (χ1v) is 12.6. The molecule has 0 aliphatic heterocycles. The molecule has 5 nitrogen and oxygen atoms in total. The first-order chi connectivity index (χ1) is 16.0. The van der Waals surface area contributed by atoms with E-state index in [1.165, 1.54) is 17.7 Å². The number of aryl methyl sites for hydroxylation is 1. The molecule has 0 saturated heterocycles. The van der Waals surface area contributed by atoms with Crippen LogP contribution in [0.4, 0.5) is 0 Å². The van der Waals surface area contributed by atoms with Gasteiger partial charge in [0, 0.05) is 23.7 Å². The second-order valence-electron chi connectivity index (χ2n) is 9.19. The van der Waals surface area contributed by atoms with Gasteiger partial charge in [0.2, 0.25) is 5.88 Å². The number of aromatic nitrogens is 1. The molecule has 1 N–H and O–H groups in total. The lowest BCUT2D eigenvalue weighted by Gasteiger charge is -2.37. The predicted octanol–water partition coefficient (Wildman–Crippen LogP) is 6.08. The van der Waals surface area contributed by atoms with Crippen LogP contribution in [0.3, 0.4) is 0 Å². The summed E-state index contributed by atoms with van der Waals surface area (Å²) in [6, 6.07) is 16.2. The number of amides is 1. The van der Waals surface area contributed by atoms with E-state index in [1.54, 1.807) is 18.3 Å². The Balaban J connectivity index is 1.32. The maximum absolute atomic E-state index is 12.9. The number of ether oxygens (including phenoxy) is 1. The normalized spacial score (nSPS) is 19.3. The van der Waals surface area contributed by atoms with Gasteiger partial charge in [-0.25, -0.2) is 4.98 Å². The van der Waals surface area contributed by atoms with E-state index in [0.717, 1.165) is 18.4 Å². The Labute approximate surface area is 200 Å². The SMILES string of the molecule is Cc1ccc(Oc2ncccc2C(=O)NCC2CCC(C(c3cccs3)N(C)C)CC2)cc1. The Morgan fingerprint density at radius 3 is 2.55 bits per heavy atom. The number of nitrogens with zero attached hydrogens (tertiary/aromatic N) is 2. The molecule has 1 atom stereocenters. The molecule has 1 amide bonds. The first kappa shape index (κ1) is 23.5. The van der Waals surface area contributed by atoms with E-state index in [0.29, 0.717) is 41.6 Å². The number of hydrogen-bond acceptors (Lipinski definition) is 5. The van der Waals surface area contributed by atoms with Gasteiger partial charge < -0.3 is 15.0 Å². The summed E-state index contributed by atoms with van der Waals surface area (Å²) >= 11 is 1.85. The van der Waals surface area contributed by atoms with E-state index in [2.05, 4.69) is 46.8 Å². The van der Waals surface area contributed by atoms with Gasteiger partial charge in [0.05, 0.1) is 0 Å². The minimum atomic E-state index is -0.128. The van der Waals surface area contributed by atoms with E-state index in [9.17, 15) is 4.79 Å². The van der Waals surface area contributed by atoms with Crippen LogP contribution in [0, 0.1) is 18.8 Å². The van der Waals surface area contributed by atoms with Gasteiger partial charge in [-0.3, -0.25) is 4.79 Å². The average Bonchev–Trinajstić information content (AvgIpc) is 3.34. The molecule has 0 bridgehead atoms. The molecule has 1 aliphatic rings. The highest BCUT2D eigenvalue weighted by molar-refractivity contribution is 7.10. The van der Waals surface area contributed by atoms with Crippen LogP contribution in [-0.2, 0) is 0 Å². The molecule has 0 radical (unpaired) electrons. The molecule has 1 unspecified atom stereocenters. The molecule has 4 rings (SSSR count). The molecular weight excluding hydrogens is 430 g/mol. The van der Waals surface area contributed by atoms with Crippen LogP contribution in [0.2, 0.25) is 0 Å². The highest BCUT2D eigenvalue weighted by Gasteiger charge is 2.30. The fourth-order valence-electron chi connectivity index (χ4n) is 4.77. The van der Waals surface area contributed by atoms with E-state index < -0.39 is 0 Å². The van der Waals surface area contributed by atoms with Crippen LogP contribution >= 0.6 is 11.3 Å². The Bertz CT molecular complexity index is 1030. The van der Waals surface area contributed by atoms with Crippen LogP contribution in [-0.4, -0.2) is 36.4 Å². The highest BCUT2D eigenvalue weighted by Crippen LogP contribution is 2.40. The zero-order valence-electron chi connectivity index (χ0n) is 19.7. The summed E-state index contributed by atoms with van der Waals surface area (Å²) in [5, 5.41) is 5.30. The highest BCUT2D eigenvalue weighted by atomic mass is 32.1. The fourth-order valence-corrected chi connectivity index (χ4v) is 5.79. The van der Waals surface area contributed by atoms with Crippen LogP contribution in [0.25, 0.3) is 0 Å². The molecule has 1 aromatic carbocycles. The summed E-state index contributed by atoms with van der Waals surface area (Å²) in [6.45, 7) is 2.72. The van der Waals surface area contributed by atoms with Crippen molar-refractivity contribution in [2.45, 2.75) is 38.6 Å². The largest absolute Gasteiger partial charge is 0.438 e. The minimum absolute atomic E-state index is 0.128. The van der Waals surface area contributed by atoms with E-state index in [1.807, 2.05) is 42.5 Å². The van der Waals surface area contributed by atoms with Crippen LogP contribution in [0.5, 0.6) is 11.6 Å². The van der Waals surface area contributed by atoms with E-state index in [-0.39, 0.29) is 5.91 Å². The molecule has 1 fully saturated rings. The van der Waals surface area contributed by atoms with Crippen LogP contribution in [0.15, 0.2) is 60.1 Å². The quantitative estimate of drug-likeness (QED) is 0.440. The summed E-state index contributed by atoms with van der Waals surface area (Å²) in [7, 11) is 4.36. The maximum atomic E-state index is 12.9. The third kappa shape index (κ3) is 6.01. The molecule has 33 heavy (non-hydrogen) atoms. The molecule has 6 heteroatoms. The van der Waals surface area contributed by atoms with Crippen LogP contribution in [0.1, 0.15) is 52.5 Å². The van der Waals surface area contributed by atoms with Gasteiger partial charge >= 0.3 is 0 Å². The zero-order chi connectivity index (χ0) is 23.2. The van der Waals surface area contributed by atoms with Gasteiger partial charge in [0.1, 0.15) is 11.3 Å². The van der Waals surface area contributed by atoms with Crippen molar-refractivity contribution >= 4 is 17.2 Å². The smallest absolute Gasteiger partial charge is 0.256 e. The summed E-state index contributed by atoms with van der Waals surface area (Å²) < 4.78 is 5.90. The Morgan fingerprint density at radius 2 is 1.88 bits per heavy atom. The van der Waals surface area contributed by atoms with Gasteiger partial charge in [-0.1, -0.05) is 23.8 Å². The lowest BCUT2D eigenvalue weighted by atomic mass is 9.77. The summed E-state index contributed by atoms with van der Waals surface area (Å²) in [6.07, 6.45) is 6.31. The second kappa shape index (κ2) is 10.9. The molecule has 174 valence electrons. The zero-order valence-corrected chi connectivity index (χ0v) is 20.5. The van der Waals surface area contributed by atoms with E-state index >= 15 is 0 Å². The monoisotopic (exact) mass is 463 g/mol. The van der Waals surface area contributed by atoms with Gasteiger partial charge in [0.25, 0.3) is 5.91 Å². The van der Waals surface area contributed by atoms with Gasteiger partial charge in [-0.05, 0) is 94.3 Å². The van der Waals surface area contributed by atoms with Gasteiger partial charge in [-0.2, -0.15) is 0 Å². The number of thiophene rings is 1. The standard InChI is InChI=1S/C27H33N3O2S/c1-19-8-14-22(15-9-19)32-27-23(6-4-16-28-27)26(31)29-18-20-10-12-21(13-11-20)25(30(2)3)24-7-5-17-33-24/h4-9,14-17,20-21,25H,10-13,18H2,1-3H3,(H,29,31). The number of hydrogen-bond donors (Lipinski definition) is 1. The fraction of sp³-hybridized carbons (Fsp3) is 0.407. The van der Waals surface area contributed by atoms with Crippen molar-refractivity contribution in [3.05, 3.63) is 76.1 Å². The molecule has 3 aromatic rings. The molecule has 0 spiro atoms. The third-order valence-corrected chi connectivity index (χ3v) is 7.47. The van der Waals surface area contributed by atoms with Crippen LogP contribution < -0.4 is 10.1 Å². The van der Waals surface area contributed by atoms with Crippen molar-refractivity contribution in [3.8, 4) is 11.6 Å². The van der Waals surface area contributed by atoms with Gasteiger partial charge in [0.15, 0.2) is 0 Å². The molecular formula is C27H33N3O2S. The second-order valence-corrected chi connectivity index (χ2v) is 10.2. The number of rotatable bonds is 8. The van der Waals surface area contributed by atoms with Gasteiger partial charge in [-0.15, -0.1) is 11.3 Å².